The summed E-state index contributed by atoms with van der Waals surface area (Å²) in [6, 6.07) is 0. The van der Waals surface area contributed by atoms with Gasteiger partial charge in [0.25, 0.3) is 0 Å². The minimum atomic E-state index is -0.393. The van der Waals surface area contributed by atoms with E-state index in [4.69, 9.17) is 5.11 Å². The van der Waals surface area contributed by atoms with Gasteiger partial charge in [-0.25, -0.2) is 9.13 Å². The van der Waals surface area contributed by atoms with E-state index in [2.05, 4.69) is 15.9 Å². The third-order valence-corrected chi connectivity index (χ3v) is 1.91. The summed E-state index contributed by atoms with van der Waals surface area (Å²) in [6.45, 7) is 0.841. The number of rotatable bonds is 3. The molecule has 0 saturated heterocycles. The fourth-order valence-electron chi connectivity index (χ4n) is 0.890. The quantitative estimate of drug-likeness (QED) is 0.580. The molecule has 0 fully saturated rings. The van der Waals surface area contributed by atoms with Crippen molar-refractivity contribution >= 4 is 15.9 Å². The van der Waals surface area contributed by atoms with Gasteiger partial charge in [-0.05, 0) is 0 Å². The lowest BCUT2D eigenvalue weighted by Crippen LogP contribution is -2.23. The number of hydrogen-bond donors (Lipinski definition) is 1. The van der Waals surface area contributed by atoms with Crippen LogP contribution in [0.25, 0.3) is 0 Å². The first-order valence-corrected chi connectivity index (χ1v) is 4.43. The highest BCUT2D eigenvalue weighted by Crippen LogP contribution is 2.01. The van der Waals surface area contributed by atoms with E-state index in [0.717, 1.165) is 13.0 Å². The van der Waals surface area contributed by atoms with Crippen LogP contribution >= 0.6 is 15.9 Å². The average molecular weight is 220 g/mol. The van der Waals surface area contributed by atoms with Gasteiger partial charge < -0.3 is 5.11 Å². The summed E-state index contributed by atoms with van der Waals surface area (Å²) in [6.07, 6.45) is 6.67. The lowest BCUT2D eigenvalue weighted by atomic mass is 10.4. The Morgan fingerprint density at radius 2 is 2.45 bits per heavy atom. The first kappa shape index (κ1) is 8.74. The SMILES string of the molecule is C[n+]1ccn(CCC(O)Br)c1. The van der Waals surface area contributed by atoms with Crippen LogP contribution in [0.1, 0.15) is 6.42 Å². The second-order valence-corrected chi connectivity index (χ2v) is 3.60. The molecule has 1 rings (SSSR count). The molecule has 1 atom stereocenters. The predicted octanol–water partition coefficient (Wildman–Crippen LogP) is 0.416. The van der Waals surface area contributed by atoms with Crippen LogP contribution in [0.3, 0.4) is 0 Å². The molecule has 1 heterocycles. The number of aliphatic hydroxyl groups excluding tert-OH is 1. The molecule has 0 spiro atoms. The zero-order valence-corrected chi connectivity index (χ0v) is 8.03. The molecule has 0 bridgehead atoms. The molecule has 11 heavy (non-hydrogen) atoms. The van der Waals surface area contributed by atoms with E-state index in [1.807, 2.05) is 34.9 Å². The van der Waals surface area contributed by atoms with Crippen LogP contribution in [0, 0.1) is 0 Å². The molecule has 62 valence electrons. The lowest BCUT2D eigenvalue weighted by Gasteiger charge is -1.97. The Labute approximate surface area is 74.4 Å². The molecule has 3 nitrogen and oxygen atoms in total. The molecule has 0 aliphatic heterocycles. The van der Waals surface area contributed by atoms with Crippen molar-refractivity contribution in [2.24, 2.45) is 7.05 Å². The average Bonchev–Trinajstić information content (AvgIpc) is 2.31. The van der Waals surface area contributed by atoms with Gasteiger partial charge in [0.15, 0.2) is 0 Å². The van der Waals surface area contributed by atoms with Gasteiger partial charge in [-0.2, -0.15) is 0 Å². The highest BCUT2D eigenvalue weighted by molar-refractivity contribution is 9.09. The molecule has 1 aromatic rings. The molecule has 1 N–H and O–H groups in total. The molecule has 0 aromatic carbocycles. The van der Waals surface area contributed by atoms with Crippen molar-refractivity contribution in [3.8, 4) is 0 Å². The summed E-state index contributed by atoms with van der Waals surface area (Å²) >= 11 is 3.07. The fraction of sp³-hybridized carbons (Fsp3) is 0.571. The standard InChI is InChI=1S/C7H12BrN2O/c1-9-4-5-10(6-9)3-2-7(8)11/h4-7,11H,2-3H2,1H3/q+1. The molecular weight excluding hydrogens is 208 g/mol. The molecule has 0 aliphatic rings. The van der Waals surface area contributed by atoms with Crippen LogP contribution in [0.4, 0.5) is 0 Å². The van der Waals surface area contributed by atoms with E-state index < -0.39 is 5.01 Å². The Morgan fingerprint density at radius 1 is 1.73 bits per heavy atom. The van der Waals surface area contributed by atoms with Gasteiger partial charge in [0.05, 0.1) is 13.6 Å². The normalized spacial score (nSPS) is 13.4. The van der Waals surface area contributed by atoms with Crippen molar-refractivity contribution < 1.29 is 9.67 Å². The molecular formula is C7H12BrN2O+. The number of nitrogens with zero attached hydrogens (tertiary/aromatic N) is 2. The summed E-state index contributed by atoms with van der Waals surface area (Å²) in [5.74, 6) is 0. The van der Waals surface area contributed by atoms with Crippen molar-refractivity contribution in [3.63, 3.8) is 0 Å². The van der Waals surface area contributed by atoms with Crippen molar-refractivity contribution in [3.05, 3.63) is 18.7 Å². The second kappa shape index (κ2) is 3.88. The maximum absolute atomic E-state index is 8.92. The van der Waals surface area contributed by atoms with E-state index >= 15 is 0 Å². The number of halogens is 1. The van der Waals surface area contributed by atoms with Crippen LogP contribution < -0.4 is 4.57 Å². The van der Waals surface area contributed by atoms with Gasteiger partial charge in [0.2, 0.25) is 6.33 Å². The highest BCUT2D eigenvalue weighted by atomic mass is 79.9. The molecule has 0 aliphatic carbocycles. The molecule has 1 unspecified atom stereocenters. The van der Waals surface area contributed by atoms with Gasteiger partial charge in [-0.3, -0.25) is 0 Å². The number of aliphatic hydroxyl groups is 1. The maximum Gasteiger partial charge on any atom is 0.243 e. The van der Waals surface area contributed by atoms with E-state index in [1.54, 1.807) is 0 Å². The van der Waals surface area contributed by atoms with Crippen molar-refractivity contribution in [1.29, 1.82) is 0 Å². The summed E-state index contributed by atoms with van der Waals surface area (Å²) in [4.78, 5) is 0. The predicted molar refractivity (Wildman–Crippen MR) is 45.2 cm³/mol. The van der Waals surface area contributed by atoms with Crippen molar-refractivity contribution in [1.82, 2.24) is 4.57 Å². The van der Waals surface area contributed by atoms with Crippen molar-refractivity contribution in [2.45, 2.75) is 18.0 Å². The van der Waals surface area contributed by atoms with E-state index in [0.29, 0.717) is 0 Å². The Kier molecular flexibility index (Phi) is 3.08. The molecule has 0 amide bonds. The fourth-order valence-corrected chi connectivity index (χ4v) is 1.09. The Balaban J connectivity index is 2.39. The van der Waals surface area contributed by atoms with Gasteiger partial charge in [0.1, 0.15) is 17.4 Å². The number of imidazole rings is 1. The van der Waals surface area contributed by atoms with E-state index in [1.165, 1.54) is 0 Å². The van der Waals surface area contributed by atoms with Crippen LogP contribution in [-0.4, -0.2) is 14.7 Å². The zero-order chi connectivity index (χ0) is 8.27. The zero-order valence-electron chi connectivity index (χ0n) is 6.44. The lowest BCUT2D eigenvalue weighted by molar-refractivity contribution is -0.671. The minimum Gasteiger partial charge on any atom is -0.382 e. The Bertz CT molecular complexity index is 222. The molecule has 1 aromatic heterocycles. The van der Waals surface area contributed by atoms with Crippen molar-refractivity contribution in [2.75, 3.05) is 0 Å². The minimum absolute atomic E-state index is 0.393. The monoisotopic (exact) mass is 219 g/mol. The van der Waals surface area contributed by atoms with Gasteiger partial charge in [-0.1, -0.05) is 15.9 Å². The number of hydrogen-bond acceptors (Lipinski definition) is 1. The Hall–Kier alpha value is -0.350. The van der Waals surface area contributed by atoms with Crippen LogP contribution in [0.15, 0.2) is 18.7 Å². The summed E-state index contributed by atoms with van der Waals surface area (Å²) in [7, 11) is 1.97. The number of aryl methyl sites for hydroxylation is 2. The molecule has 4 heteroatoms. The second-order valence-electron chi connectivity index (χ2n) is 2.54. The smallest absolute Gasteiger partial charge is 0.243 e. The summed E-state index contributed by atoms with van der Waals surface area (Å²) in [5, 5.41) is 8.52. The molecule has 0 saturated carbocycles. The van der Waals surface area contributed by atoms with Crippen LogP contribution in [-0.2, 0) is 13.6 Å². The highest BCUT2D eigenvalue weighted by Gasteiger charge is 2.02. The molecule has 0 radical (unpaired) electrons. The van der Waals surface area contributed by atoms with E-state index in [-0.39, 0.29) is 0 Å². The van der Waals surface area contributed by atoms with Crippen LogP contribution in [0.2, 0.25) is 0 Å². The van der Waals surface area contributed by atoms with Gasteiger partial charge in [0, 0.05) is 6.42 Å². The maximum atomic E-state index is 8.92. The van der Waals surface area contributed by atoms with E-state index in [9.17, 15) is 0 Å². The summed E-state index contributed by atoms with van der Waals surface area (Å²) in [5.41, 5.74) is 0. The van der Waals surface area contributed by atoms with Gasteiger partial charge >= 0.3 is 0 Å². The number of alkyl halides is 1. The third-order valence-electron chi connectivity index (χ3n) is 1.45. The first-order chi connectivity index (χ1) is 5.18. The third kappa shape index (κ3) is 3.03. The Morgan fingerprint density at radius 3 is 2.91 bits per heavy atom. The van der Waals surface area contributed by atoms with Crippen LogP contribution in [0.5, 0.6) is 0 Å². The van der Waals surface area contributed by atoms with Gasteiger partial charge in [-0.15, -0.1) is 0 Å². The summed E-state index contributed by atoms with van der Waals surface area (Å²) < 4.78 is 4.01. The first-order valence-electron chi connectivity index (χ1n) is 3.51. The largest absolute Gasteiger partial charge is 0.382 e. The number of aromatic nitrogens is 2. The topological polar surface area (TPSA) is 29.0 Å².